The van der Waals surface area contributed by atoms with E-state index in [4.69, 9.17) is 9.47 Å². The fourth-order valence-corrected chi connectivity index (χ4v) is 3.63. The van der Waals surface area contributed by atoms with Gasteiger partial charge in [0.15, 0.2) is 5.79 Å². The zero-order valence-corrected chi connectivity index (χ0v) is 8.29. The van der Waals surface area contributed by atoms with Gasteiger partial charge in [-0.2, -0.15) is 0 Å². The molecule has 74 valence electrons. The van der Waals surface area contributed by atoms with Gasteiger partial charge >= 0.3 is 0 Å². The van der Waals surface area contributed by atoms with Gasteiger partial charge in [0.25, 0.3) is 0 Å². The summed E-state index contributed by atoms with van der Waals surface area (Å²) < 4.78 is 11.5. The minimum Gasteiger partial charge on any atom is -0.348 e. The summed E-state index contributed by atoms with van der Waals surface area (Å²) in [6, 6.07) is 0. The molecule has 1 heterocycles. The molecule has 0 N–H and O–H groups in total. The number of fused-ring (bicyclic) bond motifs is 1. The number of hydrogen-bond acceptors (Lipinski definition) is 2. The van der Waals surface area contributed by atoms with Crippen LogP contribution < -0.4 is 0 Å². The molecular formula is C11H18O2. The first-order valence-electron chi connectivity index (χ1n) is 5.55. The molecule has 2 nitrogen and oxygen atoms in total. The second-order valence-electron chi connectivity index (χ2n) is 5.11. The SMILES string of the molecule is CC1CC2CC3(CC2C1)OCCO3. The van der Waals surface area contributed by atoms with E-state index in [1.165, 1.54) is 25.7 Å². The Kier molecular flexibility index (Phi) is 1.72. The maximum Gasteiger partial charge on any atom is 0.169 e. The summed E-state index contributed by atoms with van der Waals surface area (Å²) in [6.07, 6.45) is 5.14. The highest BCUT2D eigenvalue weighted by Gasteiger charge is 2.51. The minimum absolute atomic E-state index is 0.129. The van der Waals surface area contributed by atoms with Gasteiger partial charge in [0.05, 0.1) is 13.2 Å². The molecule has 3 aliphatic rings. The normalized spacial score (nSPS) is 47.3. The number of hydrogen-bond donors (Lipinski definition) is 0. The summed E-state index contributed by atoms with van der Waals surface area (Å²) >= 11 is 0. The molecule has 2 saturated carbocycles. The van der Waals surface area contributed by atoms with Gasteiger partial charge in [-0.3, -0.25) is 0 Å². The van der Waals surface area contributed by atoms with Crippen LogP contribution in [0.15, 0.2) is 0 Å². The summed E-state index contributed by atoms with van der Waals surface area (Å²) in [4.78, 5) is 0. The third kappa shape index (κ3) is 1.23. The van der Waals surface area contributed by atoms with Crippen LogP contribution in [0, 0.1) is 17.8 Å². The molecular weight excluding hydrogens is 164 g/mol. The Morgan fingerprint density at radius 3 is 2.08 bits per heavy atom. The van der Waals surface area contributed by atoms with E-state index in [1.54, 1.807) is 0 Å². The Bertz CT molecular complexity index is 192. The van der Waals surface area contributed by atoms with E-state index >= 15 is 0 Å². The first-order valence-corrected chi connectivity index (χ1v) is 5.55. The molecule has 1 saturated heterocycles. The van der Waals surface area contributed by atoms with Crippen LogP contribution in [0.4, 0.5) is 0 Å². The largest absolute Gasteiger partial charge is 0.348 e. The predicted molar refractivity (Wildman–Crippen MR) is 49.2 cm³/mol. The maximum absolute atomic E-state index is 5.75. The van der Waals surface area contributed by atoms with Crippen molar-refractivity contribution in [1.82, 2.24) is 0 Å². The van der Waals surface area contributed by atoms with Crippen molar-refractivity contribution < 1.29 is 9.47 Å². The topological polar surface area (TPSA) is 18.5 Å². The monoisotopic (exact) mass is 182 g/mol. The van der Waals surface area contributed by atoms with Crippen LogP contribution in [0.2, 0.25) is 0 Å². The zero-order valence-electron chi connectivity index (χ0n) is 8.29. The molecule has 0 aromatic rings. The third-order valence-corrected chi connectivity index (χ3v) is 4.04. The lowest BCUT2D eigenvalue weighted by atomic mass is 10.0. The molecule has 2 atom stereocenters. The van der Waals surface area contributed by atoms with Crippen LogP contribution in [0.3, 0.4) is 0 Å². The molecule has 3 rings (SSSR count). The Hall–Kier alpha value is -0.0800. The van der Waals surface area contributed by atoms with Crippen molar-refractivity contribution in [3.8, 4) is 0 Å². The van der Waals surface area contributed by atoms with Gasteiger partial charge in [-0.05, 0) is 30.6 Å². The van der Waals surface area contributed by atoms with Gasteiger partial charge in [0, 0.05) is 12.8 Å². The van der Waals surface area contributed by atoms with Crippen molar-refractivity contribution in [2.24, 2.45) is 17.8 Å². The van der Waals surface area contributed by atoms with Crippen molar-refractivity contribution in [2.75, 3.05) is 13.2 Å². The van der Waals surface area contributed by atoms with E-state index in [-0.39, 0.29) is 5.79 Å². The molecule has 2 aliphatic carbocycles. The lowest BCUT2D eigenvalue weighted by Crippen LogP contribution is -2.27. The number of rotatable bonds is 0. The number of ether oxygens (including phenoxy) is 2. The first kappa shape index (κ1) is 8.25. The van der Waals surface area contributed by atoms with Crippen LogP contribution in [-0.4, -0.2) is 19.0 Å². The minimum atomic E-state index is -0.129. The maximum atomic E-state index is 5.75. The molecule has 13 heavy (non-hydrogen) atoms. The fourth-order valence-electron chi connectivity index (χ4n) is 3.63. The van der Waals surface area contributed by atoms with Crippen molar-refractivity contribution in [3.63, 3.8) is 0 Å². The summed E-state index contributed by atoms with van der Waals surface area (Å²) in [5.74, 6) is 2.60. The van der Waals surface area contributed by atoms with E-state index in [0.29, 0.717) is 0 Å². The molecule has 1 spiro atoms. The highest BCUT2D eigenvalue weighted by atomic mass is 16.7. The fraction of sp³-hybridized carbons (Fsp3) is 1.00. The van der Waals surface area contributed by atoms with Crippen molar-refractivity contribution in [3.05, 3.63) is 0 Å². The van der Waals surface area contributed by atoms with Crippen LogP contribution in [0.25, 0.3) is 0 Å². The molecule has 2 unspecified atom stereocenters. The molecule has 0 amide bonds. The van der Waals surface area contributed by atoms with E-state index in [1.807, 2.05) is 0 Å². The highest BCUT2D eigenvalue weighted by Crippen LogP contribution is 2.53. The first-order chi connectivity index (χ1) is 6.27. The predicted octanol–water partition coefficient (Wildman–Crippen LogP) is 2.19. The van der Waals surface area contributed by atoms with Gasteiger partial charge in [-0.15, -0.1) is 0 Å². The Morgan fingerprint density at radius 1 is 1.00 bits per heavy atom. The van der Waals surface area contributed by atoms with Crippen molar-refractivity contribution >= 4 is 0 Å². The molecule has 0 aromatic carbocycles. The second kappa shape index (κ2) is 2.71. The van der Waals surface area contributed by atoms with Crippen LogP contribution in [0.5, 0.6) is 0 Å². The third-order valence-electron chi connectivity index (χ3n) is 4.04. The molecule has 0 aromatic heterocycles. The van der Waals surface area contributed by atoms with Crippen LogP contribution >= 0.6 is 0 Å². The summed E-state index contributed by atoms with van der Waals surface area (Å²) in [5.41, 5.74) is 0. The Balaban J connectivity index is 1.73. The average Bonchev–Trinajstić information content (AvgIpc) is 2.67. The second-order valence-corrected chi connectivity index (χ2v) is 5.11. The van der Waals surface area contributed by atoms with E-state index in [0.717, 1.165) is 31.0 Å². The van der Waals surface area contributed by atoms with E-state index in [9.17, 15) is 0 Å². The van der Waals surface area contributed by atoms with Crippen molar-refractivity contribution in [2.45, 2.75) is 38.4 Å². The lowest BCUT2D eigenvalue weighted by molar-refractivity contribution is -0.155. The molecule has 1 aliphatic heterocycles. The Labute approximate surface area is 79.6 Å². The lowest BCUT2D eigenvalue weighted by Gasteiger charge is -2.22. The smallest absolute Gasteiger partial charge is 0.169 e. The summed E-state index contributed by atoms with van der Waals surface area (Å²) in [5, 5.41) is 0. The van der Waals surface area contributed by atoms with E-state index in [2.05, 4.69) is 6.92 Å². The standard InChI is InChI=1S/C11H18O2/c1-8-4-9-6-11(7-10(9)5-8)12-2-3-13-11/h8-10H,2-7H2,1H3. The van der Waals surface area contributed by atoms with E-state index < -0.39 is 0 Å². The average molecular weight is 182 g/mol. The molecule has 0 radical (unpaired) electrons. The zero-order chi connectivity index (χ0) is 8.89. The highest BCUT2D eigenvalue weighted by molar-refractivity contribution is 4.96. The van der Waals surface area contributed by atoms with Crippen LogP contribution in [0.1, 0.15) is 32.6 Å². The Morgan fingerprint density at radius 2 is 1.54 bits per heavy atom. The molecule has 3 fully saturated rings. The molecule has 2 heteroatoms. The molecule has 0 bridgehead atoms. The van der Waals surface area contributed by atoms with Gasteiger partial charge < -0.3 is 9.47 Å². The van der Waals surface area contributed by atoms with Gasteiger partial charge in [-0.25, -0.2) is 0 Å². The van der Waals surface area contributed by atoms with Gasteiger partial charge in [0.1, 0.15) is 0 Å². The van der Waals surface area contributed by atoms with Crippen LogP contribution in [-0.2, 0) is 9.47 Å². The summed E-state index contributed by atoms with van der Waals surface area (Å²) in [7, 11) is 0. The van der Waals surface area contributed by atoms with Gasteiger partial charge in [-0.1, -0.05) is 6.92 Å². The van der Waals surface area contributed by atoms with Gasteiger partial charge in [0.2, 0.25) is 0 Å². The summed E-state index contributed by atoms with van der Waals surface area (Å²) in [6.45, 7) is 4.01. The quantitative estimate of drug-likeness (QED) is 0.571. The van der Waals surface area contributed by atoms with Crippen molar-refractivity contribution in [1.29, 1.82) is 0 Å².